The fourth-order valence-corrected chi connectivity index (χ4v) is 4.51. The number of para-hydroxylation sites is 2. The number of nitrogens with one attached hydrogen (secondary N) is 2. The normalized spacial score (nSPS) is 11.0. The van der Waals surface area contributed by atoms with Crippen molar-refractivity contribution in [2.24, 2.45) is 0 Å². The fraction of sp³-hybridized carbons (Fsp3) is 0.167. The number of carbonyl (C=O) groups excluding carboxylic acids is 2. The number of hydrogen-bond acceptors (Lipinski definition) is 5. The van der Waals surface area contributed by atoms with Crippen LogP contribution in [0.15, 0.2) is 65.6 Å². The number of amides is 2. The second kappa shape index (κ2) is 9.92. The summed E-state index contributed by atoms with van der Waals surface area (Å²) >= 11 is 0. The Labute approximate surface area is 197 Å². The van der Waals surface area contributed by atoms with E-state index in [2.05, 4.69) is 10.6 Å². The summed E-state index contributed by atoms with van der Waals surface area (Å²) in [5.74, 6) is -1.39. The topological polar surface area (TPSA) is 105 Å². The van der Waals surface area contributed by atoms with Crippen molar-refractivity contribution >= 4 is 38.9 Å². The predicted molar refractivity (Wildman–Crippen MR) is 128 cm³/mol. The fourth-order valence-electron chi connectivity index (χ4n) is 3.28. The molecule has 2 amide bonds. The lowest BCUT2D eigenvalue weighted by Crippen LogP contribution is -2.27. The lowest BCUT2D eigenvalue weighted by molar-refractivity contribution is -0.114. The summed E-state index contributed by atoms with van der Waals surface area (Å²) in [5, 5.41) is 4.96. The molecule has 3 aromatic carbocycles. The van der Waals surface area contributed by atoms with Crippen LogP contribution in [-0.4, -0.2) is 34.4 Å². The van der Waals surface area contributed by atoms with Gasteiger partial charge in [-0.1, -0.05) is 18.2 Å². The molecule has 0 atom stereocenters. The molecular formula is C24H24FN3O5S. The van der Waals surface area contributed by atoms with E-state index in [0.29, 0.717) is 22.7 Å². The number of ether oxygens (including phenoxy) is 1. The first-order valence-electron chi connectivity index (χ1n) is 10.2. The Kier molecular flexibility index (Phi) is 7.21. The number of aryl methyl sites for hydroxylation is 1. The van der Waals surface area contributed by atoms with Crippen LogP contribution in [0.25, 0.3) is 0 Å². The molecule has 3 rings (SSSR count). The quantitative estimate of drug-likeness (QED) is 0.523. The lowest BCUT2D eigenvalue weighted by Gasteiger charge is -2.22. The number of methoxy groups -OCH3 is 1. The van der Waals surface area contributed by atoms with Crippen LogP contribution in [0.4, 0.5) is 21.5 Å². The molecule has 8 nitrogen and oxygen atoms in total. The number of sulfonamides is 1. The van der Waals surface area contributed by atoms with Gasteiger partial charge in [-0.15, -0.1) is 0 Å². The van der Waals surface area contributed by atoms with Gasteiger partial charge in [0.2, 0.25) is 5.91 Å². The average Bonchev–Trinajstić information content (AvgIpc) is 2.80. The largest absolute Gasteiger partial charge is 0.495 e. The molecule has 178 valence electrons. The zero-order chi connectivity index (χ0) is 25.0. The van der Waals surface area contributed by atoms with Crippen LogP contribution in [0.2, 0.25) is 0 Å². The maximum absolute atomic E-state index is 14.3. The van der Waals surface area contributed by atoms with Crippen molar-refractivity contribution in [3.63, 3.8) is 0 Å². The van der Waals surface area contributed by atoms with E-state index in [1.54, 1.807) is 31.2 Å². The number of halogens is 1. The van der Waals surface area contributed by atoms with Gasteiger partial charge in [0, 0.05) is 25.2 Å². The average molecular weight is 486 g/mol. The highest BCUT2D eigenvalue weighted by Crippen LogP contribution is 2.31. The van der Waals surface area contributed by atoms with E-state index < -0.39 is 21.7 Å². The molecule has 0 unspecified atom stereocenters. The van der Waals surface area contributed by atoms with Gasteiger partial charge in [0.05, 0.1) is 23.4 Å². The predicted octanol–water partition coefficient (Wildman–Crippen LogP) is 4.18. The van der Waals surface area contributed by atoms with Gasteiger partial charge in [-0.2, -0.15) is 0 Å². The van der Waals surface area contributed by atoms with Crippen molar-refractivity contribution < 1.29 is 27.1 Å². The maximum Gasteiger partial charge on any atom is 0.264 e. The van der Waals surface area contributed by atoms with Crippen LogP contribution in [0.5, 0.6) is 5.75 Å². The number of benzene rings is 3. The van der Waals surface area contributed by atoms with E-state index >= 15 is 0 Å². The molecule has 0 aliphatic heterocycles. The Morgan fingerprint density at radius 2 is 1.71 bits per heavy atom. The monoisotopic (exact) mass is 485 g/mol. The third kappa shape index (κ3) is 5.18. The van der Waals surface area contributed by atoms with Crippen LogP contribution in [0.3, 0.4) is 0 Å². The lowest BCUT2D eigenvalue weighted by atomic mass is 10.1. The van der Waals surface area contributed by atoms with Gasteiger partial charge < -0.3 is 15.4 Å². The summed E-state index contributed by atoms with van der Waals surface area (Å²) in [6, 6.07) is 14.5. The molecule has 0 fully saturated rings. The zero-order valence-electron chi connectivity index (χ0n) is 19.0. The van der Waals surface area contributed by atoms with Crippen molar-refractivity contribution in [2.45, 2.75) is 18.7 Å². The van der Waals surface area contributed by atoms with Gasteiger partial charge in [0.15, 0.2) is 0 Å². The Hall–Kier alpha value is -3.92. The number of carbonyl (C=O) groups is 2. The van der Waals surface area contributed by atoms with Crippen molar-refractivity contribution in [1.29, 1.82) is 0 Å². The van der Waals surface area contributed by atoms with Gasteiger partial charge in [-0.25, -0.2) is 12.8 Å². The van der Waals surface area contributed by atoms with Crippen LogP contribution >= 0.6 is 0 Å². The van der Waals surface area contributed by atoms with Crippen LogP contribution < -0.4 is 19.7 Å². The second-order valence-electron chi connectivity index (χ2n) is 7.45. The Balaban J connectivity index is 1.95. The van der Waals surface area contributed by atoms with Crippen LogP contribution in [0.1, 0.15) is 22.8 Å². The van der Waals surface area contributed by atoms with Gasteiger partial charge in [-0.3, -0.25) is 13.9 Å². The van der Waals surface area contributed by atoms with Gasteiger partial charge >= 0.3 is 0 Å². The SMILES string of the molecule is COc1ccccc1N(C)S(=O)(=O)c1ccc(C)c(C(=O)Nc2cc(NC(C)=O)ccc2F)c1. The van der Waals surface area contributed by atoms with Crippen molar-refractivity contribution in [1.82, 2.24) is 0 Å². The molecule has 10 heteroatoms. The molecule has 3 aromatic rings. The van der Waals surface area contributed by atoms with Crippen molar-refractivity contribution in [2.75, 3.05) is 29.1 Å². The third-order valence-electron chi connectivity index (χ3n) is 5.07. The number of rotatable bonds is 7. The van der Waals surface area contributed by atoms with Gasteiger partial charge in [-0.05, 0) is 55.0 Å². The molecule has 0 radical (unpaired) electrons. The minimum atomic E-state index is -4.05. The molecule has 0 aliphatic rings. The van der Waals surface area contributed by atoms with Gasteiger partial charge in [0.1, 0.15) is 11.6 Å². The van der Waals surface area contributed by atoms with Crippen LogP contribution in [-0.2, 0) is 14.8 Å². The summed E-state index contributed by atoms with van der Waals surface area (Å²) in [7, 11) is -1.22. The highest BCUT2D eigenvalue weighted by atomic mass is 32.2. The summed E-state index contributed by atoms with van der Waals surface area (Å²) in [4.78, 5) is 24.1. The highest BCUT2D eigenvalue weighted by molar-refractivity contribution is 7.92. The van der Waals surface area contributed by atoms with Crippen LogP contribution in [0, 0.1) is 12.7 Å². The van der Waals surface area contributed by atoms with E-state index in [0.717, 1.165) is 10.4 Å². The minimum absolute atomic E-state index is 0.0545. The third-order valence-corrected chi connectivity index (χ3v) is 6.84. The molecule has 0 saturated heterocycles. The van der Waals surface area contributed by atoms with E-state index in [1.807, 2.05) is 0 Å². The molecule has 0 aromatic heterocycles. The second-order valence-corrected chi connectivity index (χ2v) is 9.42. The molecule has 0 saturated carbocycles. The summed E-state index contributed by atoms with van der Waals surface area (Å²) < 4.78 is 47.2. The number of nitrogens with zero attached hydrogens (tertiary/aromatic N) is 1. The first kappa shape index (κ1) is 24.7. The first-order valence-corrected chi connectivity index (χ1v) is 11.6. The molecular weight excluding hydrogens is 461 g/mol. The number of anilines is 3. The number of hydrogen-bond donors (Lipinski definition) is 2. The Bertz CT molecular complexity index is 1360. The van der Waals surface area contributed by atoms with E-state index in [4.69, 9.17) is 4.74 Å². The Morgan fingerprint density at radius 1 is 1.00 bits per heavy atom. The van der Waals surface area contributed by atoms with E-state index in [9.17, 15) is 22.4 Å². The van der Waals surface area contributed by atoms with Gasteiger partial charge in [0.25, 0.3) is 15.9 Å². The molecule has 0 aliphatic carbocycles. The van der Waals surface area contributed by atoms with E-state index in [-0.39, 0.29) is 22.1 Å². The molecule has 0 bridgehead atoms. The van der Waals surface area contributed by atoms with Crippen molar-refractivity contribution in [3.8, 4) is 5.75 Å². The highest BCUT2D eigenvalue weighted by Gasteiger charge is 2.25. The first-order chi connectivity index (χ1) is 16.0. The molecule has 2 N–H and O–H groups in total. The molecule has 34 heavy (non-hydrogen) atoms. The smallest absolute Gasteiger partial charge is 0.264 e. The summed E-state index contributed by atoms with van der Waals surface area (Å²) in [5.41, 5.74) is 1.02. The van der Waals surface area contributed by atoms with E-state index in [1.165, 1.54) is 51.4 Å². The maximum atomic E-state index is 14.3. The standard InChI is InChI=1S/C24H24FN3O5S/c1-15-9-11-18(34(31,32)28(3)22-7-5-6-8-23(22)33-4)14-19(15)24(30)27-21-13-17(26-16(2)29)10-12-20(21)25/h5-14H,1-4H3,(H,26,29)(H,27,30). The minimum Gasteiger partial charge on any atom is -0.495 e. The van der Waals surface area contributed by atoms with Crippen molar-refractivity contribution in [3.05, 3.63) is 77.6 Å². The Morgan fingerprint density at radius 3 is 2.38 bits per heavy atom. The molecule has 0 heterocycles. The summed E-state index contributed by atoms with van der Waals surface area (Å²) in [6.07, 6.45) is 0. The summed E-state index contributed by atoms with van der Waals surface area (Å²) in [6.45, 7) is 2.94. The zero-order valence-corrected chi connectivity index (χ0v) is 19.9. The molecule has 0 spiro atoms.